The van der Waals surface area contributed by atoms with Gasteiger partial charge in [0.15, 0.2) is 6.35 Å². The van der Waals surface area contributed by atoms with Gasteiger partial charge in [-0.25, -0.2) is 4.79 Å². The average molecular weight is 513 g/mol. The number of piperidine rings is 1. The number of nitrogens with one attached hydrogen (secondary N) is 2. The van der Waals surface area contributed by atoms with Gasteiger partial charge in [-0.1, -0.05) is 23.7 Å². The highest BCUT2D eigenvalue weighted by molar-refractivity contribution is 6.30. The molecular weight excluding hydrogens is 472 g/mol. The number of nitrogens with zero attached hydrogens (tertiary/aromatic N) is 1. The molecule has 0 saturated carbocycles. The smallest absolute Gasteiger partial charge is 0.406 e. The fourth-order valence-electron chi connectivity index (χ4n) is 5.00. The van der Waals surface area contributed by atoms with E-state index < -0.39 is 12.4 Å². The van der Waals surface area contributed by atoms with Crippen LogP contribution in [0.4, 0.5) is 4.79 Å². The molecule has 0 aliphatic carbocycles. The van der Waals surface area contributed by atoms with E-state index in [1.807, 2.05) is 29.2 Å². The van der Waals surface area contributed by atoms with Gasteiger partial charge in [0.05, 0.1) is 19.8 Å². The third-order valence-corrected chi connectivity index (χ3v) is 6.98. The second-order valence-corrected chi connectivity index (χ2v) is 9.96. The number of carbonyl (C=O) groups excluding carboxylic acids is 1. The monoisotopic (exact) mass is 512 g/mol. The zero-order valence-electron chi connectivity index (χ0n) is 20.7. The van der Waals surface area contributed by atoms with Crippen LogP contribution in [0.25, 0.3) is 0 Å². The van der Waals surface area contributed by atoms with Crippen molar-refractivity contribution in [3.63, 3.8) is 0 Å². The molecule has 198 valence electrons. The summed E-state index contributed by atoms with van der Waals surface area (Å²) in [6.45, 7) is 4.32. The highest BCUT2D eigenvalue weighted by atomic mass is 35.5. The maximum atomic E-state index is 11.3. The summed E-state index contributed by atoms with van der Waals surface area (Å²) in [6.07, 6.45) is 3.58. The molecule has 0 aromatic heterocycles. The van der Waals surface area contributed by atoms with Gasteiger partial charge in [0, 0.05) is 56.4 Å². The fourth-order valence-corrected chi connectivity index (χ4v) is 5.20. The number of hydrogen-bond acceptors (Lipinski definition) is 8. The van der Waals surface area contributed by atoms with Crippen LogP contribution < -0.4 is 16.4 Å². The number of aliphatic hydroxyl groups is 1. The van der Waals surface area contributed by atoms with Gasteiger partial charge in [-0.15, -0.1) is 0 Å². The van der Waals surface area contributed by atoms with Gasteiger partial charge < -0.3 is 30.4 Å². The van der Waals surface area contributed by atoms with Crippen LogP contribution in [0, 0.1) is 11.8 Å². The van der Waals surface area contributed by atoms with Crippen LogP contribution in [0.5, 0.6) is 0 Å². The first-order valence-electron chi connectivity index (χ1n) is 12.6. The molecule has 35 heavy (non-hydrogen) atoms. The topological polar surface area (TPSA) is 118 Å². The van der Waals surface area contributed by atoms with E-state index in [9.17, 15) is 9.90 Å². The number of ether oxygens (including phenoxy) is 3. The molecule has 2 aliphatic heterocycles. The molecule has 0 spiro atoms. The summed E-state index contributed by atoms with van der Waals surface area (Å²) in [4.78, 5) is 13.4. The van der Waals surface area contributed by atoms with E-state index in [0.29, 0.717) is 37.2 Å². The second-order valence-electron chi connectivity index (χ2n) is 9.52. The summed E-state index contributed by atoms with van der Waals surface area (Å²) in [6, 6.07) is 7.65. The first-order valence-corrected chi connectivity index (χ1v) is 13.0. The number of alkyl carbamates (subject to hydrolysis) is 1. The lowest BCUT2D eigenvalue weighted by Gasteiger charge is -2.39. The molecule has 2 saturated heterocycles. The minimum atomic E-state index is -0.771. The molecule has 5 atom stereocenters. The van der Waals surface area contributed by atoms with Gasteiger partial charge in [0.2, 0.25) is 0 Å². The minimum absolute atomic E-state index is 0.0261. The van der Waals surface area contributed by atoms with Crippen molar-refractivity contribution in [3.8, 4) is 0 Å². The third-order valence-electron chi connectivity index (χ3n) is 6.75. The number of rotatable bonds is 12. The number of carbonyl (C=O) groups is 1. The van der Waals surface area contributed by atoms with E-state index in [4.69, 9.17) is 26.8 Å². The highest BCUT2D eigenvalue weighted by Crippen LogP contribution is 2.34. The highest BCUT2D eigenvalue weighted by Gasteiger charge is 2.32. The Morgan fingerprint density at radius 2 is 2.23 bits per heavy atom. The van der Waals surface area contributed by atoms with E-state index in [1.165, 1.54) is 7.11 Å². The van der Waals surface area contributed by atoms with Gasteiger partial charge in [0.25, 0.3) is 0 Å². The number of hydrogen-bond donors (Lipinski definition) is 4. The van der Waals surface area contributed by atoms with Crippen molar-refractivity contribution in [2.45, 2.75) is 50.6 Å². The normalized spacial score (nSPS) is 23.9. The molecular formula is C25H41ClN4O5. The summed E-state index contributed by atoms with van der Waals surface area (Å²) in [5, 5.41) is 17.4. The van der Waals surface area contributed by atoms with Crippen LogP contribution in [0.3, 0.4) is 0 Å². The van der Waals surface area contributed by atoms with Crippen LogP contribution in [0.1, 0.15) is 43.8 Å². The van der Waals surface area contributed by atoms with Crippen molar-refractivity contribution in [2.75, 3.05) is 53.1 Å². The average Bonchev–Trinajstić information content (AvgIpc) is 2.87. The van der Waals surface area contributed by atoms with Crippen LogP contribution in [0.15, 0.2) is 24.3 Å². The molecule has 1 aromatic carbocycles. The Morgan fingerprint density at radius 3 is 2.97 bits per heavy atom. The molecule has 3 rings (SSSR count). The minimum Gasteiger partial charge on any atom is -0.453 e. The first-order chi connectivity index (χ1) is 17.0. The Labute approximate surface area is 213 Å². The molecule has 0 radical (unpaired) electrons. The van der Waals surface area contributed by atoms with E-state index in [1.54, 1.807) is 0 Å². The number of amides is 1. The van der Waals surface area contributed by atoms with Crippen molar-refractivity contribution in [1.82, 2.24) is 15.5 Å². The van der Waals surface area contributed by atoms with Crippen molar-refractivity contribution < 1.29 is 24.1 Å². The number of halogens is 1. The Hall–Kier alpha value is -1.46. The Morgan fingerprint density at radius 1 is 1.37 bits per heavy atom. The summed E-state index contributed by atoms with van der Waals surface area (Å²) in [5.74, 6) is 0.659. The first kappa shape index (κ1) is 28.1. The van der Waals surface area contributed by atoms with Crippen molar-refractivity contribution >= 4 is 17.7 Å². The second kappa shape index (κ2) is 14.9. The van der Waals surface area contributed by atoms with Gasteiger partial charge in [-0.05, 0) is 55.7 Å². The van der Waals surface area contributed by atoms with Gasteiger partial charge >= 0.3 is 6.09 Å². The molecule has 5 N–H and O–H groups in total. The molecule has 0 bridgehead atoms. The lowest BCUT2D eigenvalue weighted by atomic mass is 9.88. The largest absolute Gasteiger partial charge is 0.453 e. The maximum Gasteiger partial charge on any atom is 0.406 e. The maximum absolute atomic E-state index is 11.3. The standard InChI is InChI=1S/C25H41ClN4O5/c1-33-25(32)28-9-12-35-23(19-6-2-8-21(26)14-19)20-7-3-10-30(16-20)24(31)29-15-22(27)13-18-5-4-11-34-17-18/h2,6,8,14,18,20,22-24,29,31H,3-5,7,9-13,15-17,27H2,1H3,(H,28,32)/t18-,20-,22+,23+,24?/m1/s1. The molecule has 9 nitrogen and oxygen atoms in total. The van der Waals surface area contributed by atoms with E-state index in [2.05, 4.69) is 15.4 Å². The number of aliphatic hydroxyl groups excluding tert-OH is 1. The summed E-state index contributed by atoms with van der Waals surface area (Å²) in [5.41, 5.74) is 7.32. The number of nitrogens with two attached hydrogens (primary N) is 1. The Bertz CT molecular complexity index is 767. The SMILES string of the molecule is COC(=O)NCCO[C@@H](c1cccc(Cl)c1)[C@@H]1CCCN(C(O)NC[C@@H](N)C[C@H]2CCCOC2)C1. The molecule has 1 aromatic rings. The zero-order chi connectivity index (χ0) is 25.0. The molecule has 1 amide bonds. The van der Waals surface area contributed by atoms with Crippen LogP contribution in [0.2, 0.25) is 5.02 Å². The zero-order valence-corrected chi connectivity index (χ0v) is 21.4. The van der Waals surface area contributed by atoms with Crippen molar-refractivity contribution in [1.29, 1.82) is 0 Å². The Balaban J connectivity index is 1.53. The summed E-state index contributed by atoms with van der Waals surface area (Å²) < 4.78 is 16.4. The van der Waals surface area contributed by atoms with E-state index in [-0.39, 0.29) is 18.1 Å². The predicted molar refractivity (Wildman–Crippen MR) is 135 cm³/mol. The Kier molecular flexibility index (Phi) is 12.0. The van der Waals surface area contributed by atoms with Gasteiger partial charge in [-0.3, -0.25) is 10.2 Å². The molecule has 2 aliphatic rings. The van der Waals surface area contributed by atoms with Crippen molar-refractivity contribution in [2.24, 2.45) is 17.6 Å². The number of benzene rings is 1. The molecule has 1 unspecified atom stereocenters. The molecule has 2 fully saturated rings. The van der Waals surface area contributed by atoms with Gasteiger partial charge in [0.1, 0.15) is 0 Å². The lowest BCUT2D eigenvalue weighted by molar-refractivity contribution is -0.0753. The number of methoxy groups -OCH3 is 1. The van der Waals surface area contributed by atoms with Gasteiger partial charge in [-0.2, -0.15) is 0 Å². The predicted octanol–water partition coefficient (Wildman–Crippen LogP) is 2.48. The van der Waals surface area contributed by atoms with E-state index in [0.717, 1.165) is 57.4 Å². The fraction of sp³-hybridized carbons (Fsp3) is 0.720. The van der Waals surface area contributed by atoms with Crippen LogP contribution in [-0.4, -0.2) is 81.6 Å². The van der Waals surface area contributed by atoms with Crippen LogP contribution >= 0.6 is 11.6 Å². The lowest BCUT2D eigenvalue weighted by Crippen LogP contribution is -2.53. The number of likely N-dealkylation sites (tertiary alicyclic amines) is 1. The third kappa shape index (κ3) is 9.49. The van der Waals surface area contributed by atoms with Crippen molar-refractivity contribution in [3.05, 3.63) is 34.9 Å². The van der Waals surface area contributed by atoms with Crippen LogP contribution in [-0.2, 0) is 14.2 Å². The summed E-state index contributed by atoms with van der Waals surface area (Å²) >= 11 is 6.26. The summed E-state index contributed by atoms with van der Waals surface area (Å²) in [7, 11) is 1.33. The quantitative estimate of drug-likeness (QED) is 0.249. The molecule has 10 heteroatoms. The molecule has 2 heterocycles. The van der Waals surface area contributed by atoms with E-state index >= 15 is 0 Å².